The van der Waals surface area contributed by atoms with Gasteiger partial charge in [0.25, 0.3) is 0 Å². The zero-order valence-corrected chi connectivity index (χ0v) is 13.8. The summed E-state index contributed by atoms with van der Waals surface area (Å²) in [5.74, 6) is 2.88. The van der Waals surface area contributed by atoms with Gasteiger partial charge in [-0.25, -0.2) is 9.97 Å². The summed E-state index contributed by atoms with van der Waals surface area (Å²) < 4.78 is 7.09. The predicted molar refractivity (Wildman–Crippen MR) is 95.8 cm³/mol. The summed E-state index contributed by atoms with van der Waals surface area (Å²) in [5, 5.41) is 8.38. The quantitative estimate of drug-likeness (QED) is 0.618. The Balaban J connectivity index is 1.91. The van der Waals surface area contributed by atoms with Gasteiger partial charge in [-0.05, 0) is 30.3 Å². The average molecular weight is 332 g/mol. The number of hydrogen-bond donors (Lipinski definition) is 1. The Labute approximate surface area is 144 Å². The van der Waals surface area contributed by atoms with E-state index in [1.807, 2.05) is 43.4 Å². The van der Waals surface area contributed by atoms with E-state index in [1.54, 1.807) is 30.4 Å². The highest BCUT2D eigenvalue weighted by Gasteiger charge is 2.12. The van der Waals surface area contributed by atoms with Crippen LogP contribution in [0.15, 0.2) is 55.0 Å². The molecule has 124 valence electrons. The summed E-state index contributed by atoms with van der Waals surface area (Å²) in [7, 11) is 3.51. The molecule has 0 atom stereocenters. The molecule has 0 fully saturated rings. The van der Waals surface area contributed by atoms with Gasteiger partial charge in [0.05, 0.1) is 18.8 Å². The summed E-state index contributed by atoms with van der Waals surface area (Å²) in [4.78, 5) is 13.5. The molecule has 1 aromatic carbocycles. The minimum Gasteiger partial charge on any atom is -0.497 e. The Kier molecular flexibility index (Phi) is 3.74. The van der Waals surface area contributed by atoms with Crippen LogP contribution < -0.4 is 10.1 Å². The van der Waals surface area contributed by atoms with Crippen molar-refractivity contribution in [3.63, 3.8) is 0 Å². The number of pyridine rings is 1. The highest BCUT2D eigenvalue weighted by Crippen LogP contribution is 2.29. The Morgan fingerprint density at radius 3 is 2.72 bits per heavy atom. The molecular formula is C18H16N6O. The fourth-order valence-electron chi connectivity index (χ4n) is 2.57. The fourth-order valence-corrected chi connectivity index (χ4v) is 2.57. The lowest BCUT2D eigenvalue weighted by Gasteiger charge is -2.12. The van der Waals surface area contributed by atoms with Crippen LogP contribution in [0.5, 0.6) is 5.75 Å². The first kappa shape index (κ1) is 15.1. The number of methoxy groups -OCH3 is 1. The average Bonchev–Trinajstić information content (AvgIpc) is 3.06. The van der Waals surface area contributed by atoms with Crippen LogP contribution in [0.25, 0.3) is 22.3 Å². The number of aryl methyl sites for hydroxylation is 1. The summed E-state index contributed by atoms with van der Waals surface area (Å²) in [6.45, 7) is 0. The standard InChI is InChI=1S/C18H16N6O/c1-24-16(7-9-20-24)22-18-14-10-13(25-2)5-6-15(14)21-17(23-18)12-4-3-8-19-11-12/h3-11H,1-2H3,(H,21,22,23). The van der Waals surface area contributed by atoms with Gasteiger partial charge in [-0.1, -0.05) is 0 Å². The predicted octanol–water partition coefficient (Wildman–Crippen LogP) is 3.18. The Hall–Kier alpha value is -3.48. The van der Waals surface area contributed by atoms with Crippen LogP contribution in [0.1, 0.15) is 0 Å². The molecule has 0 unspecified atom stereocenters. The molecule has 0 saturated heterocycles. The number of fused-ring (bicyclic) bond motifs is 1. The number of benzene rings is 1. The van der Waals surface area contributed by atoms with E-state index in [1.165, 1.54) is 0 Å². The molecule has 0 aliphatic rings. The van der Waals surface area contributed by atoms with Gasteiger partial charge < -0.3 is 10.1 Å². The lowest BCUT2D eigenvalue weighted by molar-refractivity contribution is 0.415. The minimum absolute atomic E-state index is 0.607. The largest absolute Gasteiger partial charge is 0.497 e. The van der Waals surface area contributed by atoms with Crippen molar-refractivity contribution in [1.29, 1.82) is 0 Å². The normalized spacial score (nSPS) is 10.8. The first-order valence-electron chi connectivity index (χ1n) is 7.76. The molecular weight excluding hydrogens is 316 g/mol. The minimum atomic E-state index is 0.607. The van der Waals surface area contributed by atoms with Crippen LogP contribution in [0, 0.1) is 0 Å². The second-order valence-corrected chi connectivity index (χ2v) is 5.49. The van der Waals surface area contributed by atoms with Gasteiger partial charge in [0.2, 0.25) is 0 Å². The van der Waals surface area contributed by atoms with Crippen molar-refractivity contribution in [1.82, 2.24) is 24.7 Å². The third-order valence-electron chi connectivity index (χ3n) is 3.89. The van der Waals surface area contributed by atoms with E-state index in [0.29, 0.717) is 11.6 Å². The molecule has 4 aromatic rings. The second kappa shape index (κ2) is 6.20. The summed E-state index contributed by atoms with van der Waals surface area (Å²) in [6.07, 6.45) is 5.21. The fraction of sp³-hybridized carbons (Fsp3) is 0.111. The van der Waals surface area contributed by atoms with E-state index >= 15 is 0 Å². The smallest absolute Gasteiger partial charge is 0.163 e. The van der Waals surface area contributed by atoms with Crippen molar-refractivity contribution in [3.8, 4) is 17.1 Å². The van der Waals surface area contributed by atoms with Crippen LogP contribution in [0.3, 0.4) is 0 Å². The Morgan fingerprint density at radius 1 is 1.08 bits per heavy atom. The number of aromatic nitrogens is 5. The number of rotatable bonds is 4. The van der Waals surface area contributed by atoms with E-state index in [-0.39, 0.29) is 0 Å². The molecule has 0 spiro atoms. The van der Waals surface area contributed by atoms with Crippen LogP contribution in [-0.4, -0.2) is 31.8 Å². The molecule has 0 aliphatic heterocycles. The monoisotopic (exact) mass is 332 g/mol. The van der Waals surface area contributed by atoms with E-state index in [0.717, 1.165) is 28.0 Å². The van der Waals surface area contributed by atoms with Crippen molar-refractivity contribution in [2.75, 3.05) is 12.4 Å². The highest BCUT2D eigenvalue weighted by atomic mass is 16.5. The first-order valence-corrected chi connectivity index (χ1v) is 7.76. The molecule has 0 amide bonds. The zero-order valence-electron chi connectivity index (χ0n) is 13.8. The lowest BCUT2D eigenvalue weighted by atomic mass is 10.2. The second-order valence-electron chi connectivity index (χ2n) is 5.49. The SMILES string of the molecule is COc1ccc2nc(-c3cccnc3)nc(Nc3ccnn3C)c2c1. The summed E-state index contributed by atoms with van der Waals surface area (Å²) in [6, 6.07) is 11.4. The van der Waals surface area contributed by atoms with Gasteiger partial charge in [0.15, 0.2) is 5.82 Å². The topological polar surface area (TPSA) is 77.8 Å². The molecule has 7 nitrogen and oxygen atoms in total. The van der Waals surface area contributed by atoms with Crippen LogP contribution in [0.2, 0.25) is 0 Å². The molecule has 0 saturated carbocycles. The Morgan fingerprint density at radius 2 is 2.00 bits per heavy atom. The summed E-state index contributed by atoms with van der Waals surface area (Å²) in [5.41, 5.74) is 1.67. The van der Waals surface area contributed by atoms with Gasteiger partial charge in [-0.3, -0.25) is 9.67 Å². The Bertz CT molecular complexity index is 1030. The van der Waals surface area contributed by atoms with Crippen molar-refractivity contribution in [2.24, 2.45) is 7.05 Å². The van der Waals surface area contributed by atoms with Crippen molar-refractivity contribution in [3.05, 3.63) is 55.0 Å². The van der Waals surface area contributed by atoms with Gasteiger partial charge in [0.1, 0.15) is 17.4 Å². The number of ether oxygens (including phenoxy) is 1. The van der Waals surface area contributed by atoms with Crippen LogP contribution in [0.4, 0.5) is 11.6 Å². The van der Waals surface area contributed by atoms with Gasteiger partial charge >= 0.3 is 0 Å². The van der Waals surface area contributed by atoms with E-state index < -0.39 is 0 Å². The maximum Gasteiger partial charge on any atom is 0.163 e. The van der Waals surface area contributed by atoms with E-state index in [9.17, 15) is 0 Å². The maximum absolute atomic E-state index is 5.34. The van der Waals surface area contributed by atoms with Crippen LogP contribution >= 0.6 is 0 Å². The highest BCUT2D eigenvalue weighted by molar-refractivity contribution is 5.93. The molecule has 7 heteroatoms. The molecule has 0 aliphatic carbocycles. The van der Waals surface area contributed by atoms with Crippen molar-refractivity contribution in [2.45, 2.75) is 0 Å². The molecule has 0 radical (unpaired) electrons. The van der Waals surface area contributed by atoms with E-state index in [4.69, 9.17) is 9.72 Å². The van der Waals surface area contributed by atoms with E-state index in [2.05, 4.69) is 20.4 Å². The molecule has 1 N–H and O–H groups in total. The van der Waals surface area contributed by atoms with Gasteiger partial charge in [-0.2, -0.15) is 5.10 Å². The number of anilines is 2. The number of nitrogens with zero attached hydrogens (tertiary/aromatic N) is 5. The first-order chi connectivity index (χ1) is 12.2. The van der Waals surface area contributed by atoms with Crippen molar-refractivity contribution >= 4 is 22.5 Å². The third-order valence-corrected chi connectivity index (χ3v) is 3.89. The van der Waals surface area contributed by atoms with Gasteiger partial charge in [0, 0.05) is 36.5 Å². The number of hydrogen-bond acceptors (Lipinski definition) is 6. The lowest BCUT2D eigenvalue weighted by Crippen LogP contribution is -2.03. The van der Waals surface area contributed by atoms with Gasteiger partial charge in [-0.15, -0.1) is 0 Å². The molecule has 3 aromatic heterocycles. The van der Waals surface area contributed by atoms with Crippen molar-refractivity contribution < 1.29 is 4.74 Å². The molecule has 0 bridgehead atoms. The summed E-state index contributed by atoms with van der Waals surface area (Å²) >= 11 is 0. The molecule has 25 heavy (non-hydrogen) atoms. The molecule has 4 rings (SSSR count). The van der Waals surface area contributed by atoms with Crippen LogP contribution in [-0.2, 0) is 7.05 Å². The number of nitrogens with one attached hydrogen (secondary N) is 1. The zero-order chi connectivity index (χ0) is 17.2. The maximum atomic E-state index is 5.34. The third kappa shape index (κ3) is 2.87. The molecule has 3 heterocycles.